The summed E-state index contributed by atoms with van der Waals surface area (Å²) in [5.41, 5.74) is 4.66. The fourth-order valence-corrected chi connectivity index (χ4v) is 4.27. The first kappa shape index (κ1) is 15.8. The molecule has 0 saturated heterocycles. The standard InChI is InChI=1S/C23H19N3O/c1-14(27)24-15-11-12-16-17-8-6-10-20-22(17)23(26(3)21(16)13-15)18-7-4-5-9-19(18)25(20)2/h4-13H,1-3H3. The Morgan fingerprint density at radius 2 is 1.52 bits per heavy atom. The summed E-state index contributed by atoms with van der Waals surface area (Å²) < 4.78 is 4.49. The lowest BCUT2D eigenvalue weighted by atomic mass is 9.99. The van der Waals surface area contributed by atoms with E-state index < -0.39 is 0 Å². The number of aromatic nitrogens is 2. The van der Waals surface area contributed by atoms with E-state index in [9.17, 15) is 4.79 Å². The van der Waals surface area contributed by atoms with E-state index in [1.54, 1.807) is 0 Å². The number of fused-ring (bicyclic) bond motifs is 4. The first-order valence-corrected chi connectivity index (χ1v) is 9.00. The molecule has 0 atom stereocenters. The number of hydrogen-bond donors (Lipinski definition) is 0. The third kappa shape index (κ3) is 2.16. The Morgan fingerprint density at radius 1 is 0.778 bits per heavy atom. The maximum atomic E-state index is 11.4. The molecule has 0 aliphatic carbocycles. The third-order valence-electron chi connectivity index (χ3n) is 5.42. The van der Waals surface area contributed by atoms with Crippen molar-refractivity contribution in [1.29, 1.82) is 0 Å². The van der Waals surface area contributed by atoms with Crippen LogP contribution in [0.15, 0.2) is 65.7 Å². The van der Waals surface area contributed by atoms with E-state index >= 15 is 0 Å². The number of pyridine rings is 2. The highest BCUT2D eigenvalue weighted by Crippen LogP contribution is 2.36. The molecule has 0 aliphatic rings. The zero-order chi connectivity index (χ0) is 18.7. The Kier molecular flexibility index (Phi) is 3.25. The second-order valence-corrected chi connectivity index (χ2v) is 7.02. The zero-order valence-electron chi connectivity index (χ0n) is 15.5. The number of nitrogens with zero attached hydrogens (tertiary/aromatic N) is 3. The van der Waals surface area contributed by atoms with Gasteiger partial charge < -0.3 is 9.13 Å². The summed E-state index contributed by atoms with van der Waals surface area (Å²) in [4.78, 5) is 15.6. The Labute approximate surface area is 156 Å². The predicted octanol–water partition coefficient (Wildman–Crippen LogP) is 4.42. The number of aryl methyl sites for hydroxylation is 2. The average molecular weight is 353 g/mol. The van der Waals surface area contributed by atoms with E-state index in [1.165, 1.54) is 39.6 Å². The van der Waals surface area contributed by atoms with E-state index in [0.29, 0.717) is 5.36 Å². The normalized spacial score (nSPS) is 12.6. The highest BCUT2D eigenvalue weighted by Gasteiger charge is 2.15. The molecule has 0 unspecified atom stereocenters. The molecular weight excluding hydrogens is 334 g/mol. The molecule has 27 heavy (non-hydrogen) atoms. The number of carbonyl (C=O) groups is 1. The Bertz CT molecular complexity index is 1470. The Balaban J connectivity index is 2.14. The monoisotopic (exact) mass is 353 g/mol. The average Bonchev–Trinajstić information content (AvgIpc) is 2.67. The highest BCUT2D eigenvalue weighted by molar-refractivity contribution is 6.24. The van der Waals surface area contributed by atoms with Gasteiger partial charge in [0.05, 0.1) is 27.4 Å². The van der Waals surface area contributed by atoms with E-state index in [1.807, 2.05) is 12.1 Å². The number of amides is 1. The lowest BCUT2D eigenvalue weighted by Crippen LogP contribution is -2.08. The summed E-state index contributed by atoms with van der Waals surface area (Å²) in [6.07, 6.45) is 0. The van der Waals surface area contributed by atoms with Crippen LogP contribution in [0.2, 0.25) is 0 Å². The van der Waals surface area contributed by atoms with Crippen LogP contribution in [0.5, 0.6) is 0 Å². The summed E-state index contributed by atoms with van der Waals surface area (Å²) in [5, 5.41) is 5.53. The molecule has 0 bridgehead atoms. The molecule has 3 aromatic carbocycles. The summed E-state index contributed by atoms with van der Waals surface area (Å²) in [5.74, 6) is -0.187. The number of hydrogen-bond acceptors (Lipinski definition) is 1. The van der Waals surface area contributed by atoms with Gasteiger partial charge in [0, 0.05) is 37.2 Å². The number of carbonyl (C=O) groups excluding carboxylic acids is 1. The summed E-state index contributed by atoms with van der Waals surface area (Å²) in [6, 6.07) is 20.9. The minimum atomic E-state index is -0.187. The fourth-order valence-electron chi connectivity index (χ4n) is 4.27. The minimum absolute atomic E-state index is 0.187. The van der Waals surface area contributed by atoms with Gasteiger partial charge in [-0.15, -0.1) is 0 Å². The van der Waals surface area contributed by atoms with E-state index in [-0.39, 0.29) is 5.91 Å². The van der Waals surface area contributed by atoms with Crippen molar-refractivity contribution in [3.63, 3.8) is 0 Å². The molecule has 2 heterocycles. The van der Waals surface area contributed by atoms with E-state index in [0.717, 1.165) is 10.9 Å². The highest BCUT2D eigenvalue weighted by atomic mass is 16.1. The molecule has 0 spiro atoms. The largest absolute Gasteiger partial charge is 0.344 e. The fraction of sp³-hybridized carbons (Fsp3) is 0.130. The number of benzene rings is 3. The molecule has 0 aliphatic heterocycles. The minimum Gasteiger partial charge on any atom is -0.344 e. The zero-order valence-corrected chi connectivity index (χ0v) is 15.5. The quantitative estimate of drug-likeness (QED) is 0.300. The van der Waals surface area contributed by atoms with Crippen LogP contribution < -0.4 is 5.36 Å². The first-order valence-electron chi connectivity index (χ1n) is 9.00. The lowest BCUT2D eigenvalue weighted by molar-refractivity contribution is -0.116. The second-order valence-electron chi connectivity index (χ2n) is 7.02. The van der Waals surface area contributed by atoms with Crippen LogP contribution in [0, 0.1) is 0 Å². The van der Waals surface area contributed by atoms with Gasteiger partial charge in [0.25, 0.3) is 0 Å². The Hall–Kier alpha value is -3.40. The molecule has 5 rings (SSSR count). The molecule has 0 saturated carbocycles. The summed E-state index contributed by atoms with van der Waals surface area (Å²) >= 11 is 0. The van der Waals surface area contributed by atoms with Crippen LogP contribution in [-0.4, -0.2) is 15.0 Å². The molecular formula is C23H19N3O. The van der Waals surface area contributed by atoms with Gasteiger partial charge in [0.2, 0.25) is 5.91 Å². The van der Waals surface area contributed by atoms with Gasteiger partial charge in [-0.25, -0.2) is 4.99 Å². The maximum Gasteiger partial charge on any atom is 0.243 e. The number of para-hydroxylation sites is 1. The molecule has 132 valence electrons. The van der Waals surface area contributed by atoms with Gasteiger partial charge in [-0.2, -0.15) is 0 Å². The van der Waals surface area contributed by atoms with Crippen molar-refractivity contribution >= 4 is 49.5 Å². The first-order chi connectivity index (χ1) is 13.1. The predicted molar refractivity (Wildman–Crippen MR) is 111 cm³/mol. The second kappa shape index (κ2) is 5.55. The van der Waals surface area contributed by atoms with Crippen LogP contribution in [0.4, 0.5) is 0 Å². The van der Waals surface area contributed by atoms with E-state index in [2.05, 4.69) is 76.8 Å². The van der Waals surface area contributed by atoms with Crippen LogP contribution in [0.25, 0.3) is 43.6 Å². The van der Waals surface area contributed by atoms with Crippen LogP contribution >= 0.6 is 0 Å². The number of rotatable bonds is 0. The smallest absolute Gasteiger partial charge is 0.243 e. The summed E-state index contributed by atoms with van der Waals surface area (Å²) in [6.45, 7) is 1.48. The molecule has 4 heteroatoms. The van der Waals surface area contributed by atoms with Crippen molar-refractivity contribution < 1.29 is 4.79 Å². The molecule has 2 aromatic heterocycles. The van der Waals surface area contributed by atoms with Crippen molar-refractivity contribution in [3.8, 4) is 0 Å². The third-order valence-corrected chi connectivity index (χ3v) is 5.42. The molecule has 5 aromatic rings. The van der Waals surface area contributed by atoms with Crippen LogP contribution in [-0.2, 0) is 18.9 Å². The lowest BCUT2D eigenvalue weighted by Gasteiger charge is -2.20. The van der Waals surface area contributed by atoms with Gasteiger partial charge in [-0.3, -0.25) is 4.79 Å². The van der Waals surface area contributed by atoms with Crippen LogP contribution in [0.1, 0.15) is 6.92 Å². The molecule has 0 N–H and O–H groups in total. The Morgan fingerprint density at radius 3 is 2.33 bits per heavy atom. The molecule has 0 fully saturated rings. The van der Waals surface area contributed by atoms with Crippen molar-refractivity contribution in [2.75, 3.05) is 0 Å². The van der Waals surface area contributed by atoms with Crippen molar-refractivity contribution in [1.82, 2.24) is 9.13 Å². The van der Waals surface area contributed by atoms with E-state index in [4.69, 9.17) is 0 Å². The van der Waals surface area contributed by atoms with Crippen molar-refractivity contribution in [3.05, 3.63) is 66.0 Å². The van der Waals surface area contributed by atoms with Gasteiger partial charge in [0.15, 0.2) is 0 Å². The SMILES string of the molecule is CC(=O)N=c1ccc2c3cccc4c3c(c3ccccc3n4C)n(C)c2c1. The molecule has 4 nitrogen and oxygen atoms in total. The van der Waals surface area contributed by atoms with Gasteiger partial charge in [0.1, 0.15) is 0 Å². The van der Waals surface area contributed by atoms with Gasteiger partial charge >= 0.3 is 0 Å². The van der Waals surface area contributed by atoms with Crippen LogP contribution in [0.3, 0.4) is 0 Å². The van der Waals surface area contributed by atoms with Crippen molar-refractivity contribution in [2.45, 2.75) is 6.92 Å². The van der Waals surface area contributed by atoms with Crippen molar-refractivity contribution in [2.24, 2.45) is 19.1 Å². The van der Waals surface area contributed by atoms with Gasteiger partial charge in [-0.1, -0.05) is 36.4 Å². The summed E-state index contributed by atoms with van der Waals surface area (Å²) in [7, 11) is 4.21. The topological polar surface area (TPSA) is 39.3 Å². The van der Waals surface area contributed by atoms with Gasteiger partial charge in [-0.05, 0) is 29.7 Å². The maximum absolute atomic E-state index is 11.4. The molecule has 1 amide bonds. The molecule has 0 radical (unpaired) electrons.